The third-order valence-corrected chi connectivity index (χ3v) is 4.91. The molecule has 1 atom stereocenters. The lowest BCUT2D eigenvalue weighted by Gasteiger charge is -2.07. The smallest absolute Gasteiger partial charge is 0.227 e. The third-order valence-electron chi connectivity index (χ3n) is 3.11. The summed E-state index contributed by atoms with van der Waals surface area (Å²) in [5.41, 5.74) is 1.86. The molecule has 0 bridgehead atoms. The Kier molecular flexibility index (Phi) is 5.15. The lowest BCUT2D eigenvalue weighted by Crippen LogP contribution is -1.99. The Morgan fingerprint density at radius 1 is 1.00 bits per heavy atom. The van der Waals surface area contributed by atoms with Crippen LogP contribution in [0.15, 0.2) is 76.4 Å². The van der Waals surface area contributed by atoms with Crippen molar-refractivity contribution >= 4 is 38.4 Å². The van der Waals surface area contributed by atoms with Crippen LogP contribution in [0.4, 0.5) is 11.6 Å². The fraction of sp³-hybridized carbons (Fsp3) is 0.0588. The summed E-state index contributed by atoms with van der Waals surface area (Å²) in [5, 5.41) is 3.14. The molecule has 0 spiro atoms. The molecule has 1 aromatic heterocycles. The van der Waals surface area contributed by atoms with Crippen LogP contribution in [0.2, 0.25) is 0 Å². The number of nitrogens with zero attached hydrogens (tertiary/aromatic N) is 2. The molecule has 0 aliphatic rings. The minimum absolute atomic E-state index is 0.473. The highest BCUT2D eigenvalue weighted by Crippen LogP contribution is 2.18. The largest absolute Gasteiger partial charge is 0.324 e. The minimum atomic E-state index is -1.06. The molecular weight excluding hydrogens is 374 g/mol. The minimum Gasteiger partial charge on any atom is -0.324 e. The van der Waals surface area contributed by atoms with E-state index in [1.807, 2.05) is 54.6 Å². The van der Waals surface area contributed by atoms with Gasteiger partial charge in [-0.25, -0.2) is 9.97 Å². The van der Waals surface area contributed by atoms with E-state index in [2.05, 4.69) is 31.2 Å². The zero-order chi connectivity index (χ0) is 16.1. The van der Waals surface area contributed by atoms with Crippen molar-refractivity contribution in [2.45, 2.75) is 10.6 Å². The second-order valence-electron chi connectivity index (χ2n) is 4.85. The topological polar surface area (TPSA) is 54.9 Å². The van der Waals surface area contributed by atoms with Crippen LogP contribution < -0.4 is 5.32 Å². The van der Waals surface area contributed by atoms with E-state index < -0.39 is 10.8 Å². The molecule has 6 heteroatoms. The van der Waals surface area contributed by atoms with Crippen molar-refractivity contribution in [2.24, 2.45) is 0 Å². The molecule has 116 valence electrons. The summed E-state index contributed by atoms with van der Waals surface area (Å²) in [4.78, 5) is 9.20. The van der Waals surface area contributed by atoms with E-state index in [9.17, 15) is 4.21 Å². The van der Waals surface area contributed by atoms with Gasteiger partial charge < -0.3 is 5.32 Å². The molecule has 4 nitrogen and oxygen atoms in total. The Hall–Kier alpha value is -2.05. The number of halogens is 1. The Morgan fingerprint density at radius 3 is 2.48 bits per heavy atom. The van der Waals surface area contributed by atoms with Gasteiger partial charge >= 0.3 is 0 Å². The van der Waals surface area contributed by atoms with Gasteiger partial charge in [0.15, 0.2) is 0 Å². The number of rotatable bonds is 5. The maximum Gasteiger partial charge on any atom is 0.227 e. The van der Waals surface area contributed by atoms with Gasteiger partial charge in [0.25, 0.3) is 0 Å². The van der Waals surface area contributed by atoms with Crippen LogP contribution in [0, 0.1) is 0 Å². The lowest BCUT2D eigenvalue weighted by atomic mass is 10.2. The van der Waals surface area contributed by atoms with Crippen molar-refractivity contribution in [3.8, 4) is 0 Å². The maximum absolute atomic E-state index is 12.4. The van der Waals surface area contributed by atoms with Crippen molar-refractivity contribution in [2.75, 3.05) is 5.32 Å². The van der Waals surface area contributed by atoms with Crippen molar-refractivity contribution < 1.29 is 4.21 Å². The normalized spacial score (nSPS) is 11.9. The van der Waals surface area contributed by atoms with E-state index in [1.54, 1.807) is 12.4 Å². The van der Waals surface area contributed by atoms with Crippen molar-refractivity contribution in [3.63, 3.8) is 0 Å². The fourth-order valence-electron chi connectivity index (χ4n) is 2.05. The number of benzene rings is 2. The van der Waals surface area contributed by atoms with Crippen LogP contribution in [0.5, 0.6) is 0 Å². The highest BCUT2D eigenvalue weighted by atomic mass is 79.9. The van der Waals surface area contributed by atoms with Crippen LogP contribution in [0.1, 0.15) is 5.56 Å². The summed E-state index contributed by atoms with van der Waals surface area (Å²) in [7, 11) is -1.06. The molecule has 0 amide bonds. The van der Waals surface area contributed by atoms with Gasteiger partial charge in [-0.3, -0.25) is 4.21 Å². The maximum atomic E-state index is 12.4. The molecule has 1 heterocycles. The number of anilines is 2. The molecular formula is C17H14BrN3OS. The SMILES string of the molecule is O=S(Cc1cccc(Nc2ncc(Br)cn2)c1)c1ccccc1. The first-order valence-electron chi connectivity index (χ1n) is 6.98. The van der Waals surface area contributed by atoms with Gasteiger partial charge in [-0.05, 0) is 45.8 Å². The first-order chi connectivity index (χ1) is 11.2. The van der Waals surface area contributed by atoms with E-state index in [4.69, 9.17) is 0 Å². The average Bonchev–Trinajstić information content (AvgIpc) is 2.58. The van der Waals surface area contributed by atoms with E-state index in [0.717, 1.165) is 20.6 Å². The van der Waals surface area contributed by atoms with Crippen LogP contribution in [-0.4, -0.2) is 14.2 Å². The van der Waals surface area contributed by atoms with Gasteiger partial charge in [-0.15, -0.1) is 0 Å². The molecule has 0 saturated heterocycles. The first kappa shape index (κ1) is 15.8. The van der Waals surface area contributed by atoms with Crippen molar-refractivity contribution in [1.29, 1.82) is 0 Å². The molecule has 1 unspecified atom stereocenters. The summed E-state index contributed by atoms with van der Waals surface area (Å²) in [6, 6.07) is 17.3. The van der Waals surface area contributed by atoms with Gasteiger partial charge in [-0.1, -0.05) is 30.3 Å². The van der Waals surface area contributed by atoms with Gasteiger partial charge in [0.1, 0.15) is 0 Å². The molecule has 0 radical (unpaired) electrons. The second kappa shape index (κ2) is 7.48. The summed E-state index contributed by atoms with van der Waals surface area (Å²) >= 11 is 3.31. The number of hydrogen-bond donors (Lipinski definition) is 1. The summed E-state index contributed by atoms with van der Waals surface area (Å²) < 4.78 is 13.2. The van der Waals surface area contributed by atoms with Crippen LogP contribution in [0.25, 0.3) is 0 Å². The molecule has 3 rings (SSSR count). The Bertz CT molecular complexity index is 810. The Balaban J connectivity index is 1.72. The Morgan fingerprint density at radius 2 is 1.74 bits per heavy atom. The molecule has 23 heavy (non-hydrogen) atoms. The van der Waals surface area contributed by atoms with Crippen LogP contribution in [-0.2, 0) is 16.6 Å². The molecule has 0 aliphatic heterocycles. The van der Waals surface area contributed by atoms with Crippen molar-refractivity contribution in [1.82, 2.24) is 9.97 Å². The zero-order valence-electron chi connectivity index (χ0n) is 12.1. The number of hydrogen-bond acceptors (Lipinski definition) is 4. The highest BCUT2D eigenvalue weighted by Gasteiger charge is 2.06. The third kappa shape index (κ3) is 4.46. The summed E-state index contributed by atoms with van der Waals surface area (Å²) in [6.45, 7) is 0. The fourth-order valence-corrected chi connectivity index (χ4v) is 3.37. The van der Waals surface area contributed by atoms with Crippen molar-refractivity contribution in [3.05, 3.63) is 77.0 Å². The van der Waals surface area contributed by atoms with Crippen LogP contribution >= 0.6 is 15.9 Å². The predicted molar refractivity (Wildman–Crippen MR) is 96.0 cm³/mol. The molecule has 1 N–H and O–H groups in total. The van der Waals surface area contributed by atoms with E-state index in [-0.39, 0.29) is 0 Å². The first-order valence-corrected chi connectivity index (χ1v) is 9.09. The standard InChI is InChI=1S/C17H14BrN3OS/c18-14-10-19-17(20-11-14)21-15-6-4-5-13(9-15)12-23(22)16-7-2-1-3-8-16/h1-11H,12H2,(H,19,20,21). The number of aromatic nitrogens is 2. The lowest BCUT2D eigenvalue weighted by molar-refractivity contribution is 0.682. The molecule has 0 fully saturated rings. The van der Waals surface area contributed by atoms with Crippen LogP contribution in [0.3, 0.4) is 0 Å². The summed E-state index contributed by atoms with van der Waals surface area (Å²) in [6.07, 6.45) is 3.37. The molecule has 0 saturated carbocycles. The number of nitrogens with one attached hydrogen (secondary N) is 1. The predicted octanol–water partition coefficient (Wildman–Crippen LogP) is 4.29. The zero-order valence-corrected chi connectivity index (χ0v) is 14.5. The second-order valence-corrected chi connectivity index (χ2v) is 7.22. The Labute approximate surface area is 145 Å². The van der Waals surface area contributed by atoms with Gasteiger partial charge in [-0.2, -0.15) is 0 Å². The average molecular weight is 388 g/mol. The highest BCUT2D eigenvalue weighted by molar-refractivity contribution is 9.10. The van der Waals surface area contributed by atoms with Gasteiger partial charge in [0.2, 0.25) is 5.95 Å². The molecule has 3 aromatic rings. The molecule has 2 aromatic carbocycles. The van der Waals surface area contributed by atoms with E-state index in [1.165, 1.54) is 0 Å². The monoisotopic (exact) mass is 387 g/mol. The summed E-state index contributed by atoms with van der Waals surface area (Å²) in [5.74, 6) is 0.996. The van der Waals surface area contributed by atoms with E-state index >= 15 is 0 Å². The molecule has 0 aliphatic carbocycles. The van der Waals surface area contributed by atoms with Gasteiger partial charge in [0, 0.05) is 23.0 Å². The van der Waals surface area contributed by atoms with Gasteiger partial charge in [0.05, 0.1) is 21.0 Å². The van der Waals surface area contributed by atoms with E-state index in [0.29, 0.717) is 11.7 Å². The quantitative estimate of drug-likeness (QED) is 0.709.